The molecule has 0 saturated carbocycles. The van der Waals surface area contributed by atoms with Crippen LogP contribution in [0, 0.1) is 5.92 Å². The van der Waals surface area contributed by atoms with E-state index in [9.17, 15) is 4.79 Å². The van der Waals surface area contributed by atoms with Crippen LogP contribution in [0.25, 0.3) is 0 Å². The van der Waals surface area contributed by atoms with Crippen LogP contribution in [0.2, 0.25) is 0 Å². The first-order chi connectivity index (χ1) is 10.3. The molecule has 0 aliphatic carbocycles. The molecule has 1 aromatic carbocycles. The predicted molar refractivity (Wildman–Crippen MR) is 87.2 cm³/mol. The summed E-state index contributed by atoms with van der Waals surface area (Å²) in [5.41, 5.74) is 3.60. The number of piperidine rings is 1. The van der Waals surface area contributed by atoms with Gasteiger partial charge in [0.05, 0.1) is 0 Å². The van der Waals surface area contributed by atoms with Gasteiger partial charge in [0, 0.05) is 30.8 Å². The summed E-state index contributed by atoms with van der Waals surface area (Å²) in [5.74, 6) is 1.06. The number of carbonyl (C=O) groups excluding carboxylic acids is 1. The summed E-state index contributed by atoms with van der Waals surface area (Å²) in [4.78, 5) is 14.8. The first kappa shape index (κ1) is 14.6. The van der Waals surface area contributed by atoms with Crippen LogP contribution in [0.5, 0.6) is 0 Å². The quantitative estimate of drug-likeness (QED) is 0.844. The van der Waals surface area contributed by atoms with Crippen molar-refractivity contribution < 1.29 is 4.79 Å². The van der Waals surface area contributed by atoms with E-state index in [0.29, 0.717) is 12.2 Å². The number of anilines is 1. The minimum atomic E-state index is 0.325. The average molecular weight is 286 g/mol. The molecule has 0 amide bonds. The highest BCUT2D eigenvalue weighted by molar-refractivity contribution is 5.96. The van der Waals surface area contributed by atoms with E-state index in [1.807, 2.05) is 6.07 Å². The van der Waals surface area contributed by atoms with Crippen LogP contribution in [0.3, 0.4) is 0 Å². The molecule has 0 bridgehead atoms. The third-order valence-corrected chi connectivity index (χ3v) is 5.01. The molecular formula is C18H26N2O. The first-order valence-electron chi connectivity index (χ1n) is 8.39. The number of nitrogens with one attached hydrogen (secondary N) is 1. The maximum Gasteiger partial charge on any atom is 0.162 e. The molecule has 3 heteroatoms. The molecule has 0 unspecified atom stereocenters. The molecule has 2 heterocycles. The molecule has 114 valence electrons. The Morgan fingerprint density at radius 3 is 2.90 bits per heavy atom. The van der Waals surface area contributed by atoms with E-state index in [4.69, 9.17) is 0 Å². The van der Waals surface area contributed by atoms with Crippen molar-refractivity contribution in [2.75, 3.05) is 31.1 Å². The van der Waals surface area contributed by atoms with E-state index in [1.165, 1.54) is 24.1 Å². The smallest absolute Gasteiger partial charge is 0.162 e. The maximum atomic E-state index is 12.4. The fourth-order valence-corrected chi connectivity index (χ4v) is 3.62. The summed E-state index contributed by atoms with van der Waals surface area (Å²) >= 11 is 0. The largest absolute Gasteiger partial charge is 0.371 e. The highest BCUT2D eigenvalue weighted by Crippen LogP contribution is 2.29. The highest BCUT2D eigenvalue weighted by atomic mass is 16.1. The molecule has 1 aromatic rings. The van der Waals surface area contributed by atoms with Gasteiger partial charge >= 0.3 is 0 Å². The lowest BCUT2D eigenvalue weighted by molar-refractivity contribution is 0.0970. The second kappa shape index (κ2) is 6.61. The molecule has 0 spiro atoms. The van der Waals surface area contributed by atoms with Gasteiger partial charge < -0.3 is 10.2 Å². The van der Waals surface area contributed by atoms with Gasteiger partial charge in [-0.05, 0) is 75.4 Å². The lowest BCUT2D eigenvalue weighted by atomic mass is 9.91. The Kier molecular flexibility index (Phi) is 4.59. The SMILES string of the molecule is CCN1CCc2cc(C(=O)CCC3CCNCC3)ccc21. The van der Waals surface area contributed by atoms with Crippen LogP contribution in [-0.4, -0.2) is 32.0 Å². The Morgan fingerprint density at radius 1 is 1.33 bits per heavy atom. The van der Waals surface area contributed by atoms with Crippen LogP contribution in [-0.2, 0) is 6.42 Å². The molecule has 3 rings (SSSR count). The molecule has 0 atom stereocenters. The van der Waals surface area contributed by atoms with Gasteiger partial charge in [-0.25, -0.2) is 0 Å². The zero-order valence-electron chi connectivity index (χ0n) is 13.0. The summed E-state index contributed by atoms with van der Waals surface area (Å²) in [6.07, 6.45) is 5.30. The van der Waals surface area contributed by atoms with Crippen molar-refractivity contribution >= 4 is 11.5 Å². The van der Waals surface area contributed by atoms with E-state index in [2.05, 4.69) is 29.3 Å². The van der Waals surface area contributed by atoms with Gasteiger partial charge in [-0.2, -0.15) is 0 Å². The highest BCUT2D eigenvalue weighted by Gasteiger charge is 2.20. The van der Waals surface area contributed by atoms with E-state index < -0.39 is 0 Å². The van der Waals surface area contributed by atoms with E-state index in [-0.39, 0.29) is 0 Å². The zero-order valence-corrected chi connectivity index (χ0v) is 13.0. The number of ketones is 1. The van der Waals surface area contributed by atoms with Crippen LogP contribution in [0.4, 0.5) is 5.69 Å². The van der Waals surface area contributed by atoms with Crippen molar-refractivity contribution in [3.8, 4) is 0 Å². The van der Waals surface area contributed by atoms with Gasteiger partial charge in [0.15, 0.2) is 5.78 Å². The number of carbonyl (C=O) groups is 1. The second-order valence-corrected chi connectivity index (χ2v) is 6.33. The molecule has 1 fully saturated rings. The van der Waals surface area contributed by atoms with E-state index in [1.54, 1.807) is 0 Å². The van der Waals surface area contributed by atoms with Crippen molar-refractivity contribution in [1.82, 2.24) is 5.32 Å². The van der Waals surface area contributed by atoms with Gasteiger partial charge in [0.25, 0.3) is 0 Å². The fourth-order valence-electron chi connectivity index (χ4n) is 3.62. The summed E-state index contributed by atoms with van der Waals surface area (Å²) in [5, 5.41) is 3.38. The maximum absolute atomic E-state index is 12.4. The van der Waals surface area contributed by atoms with Gasteiger partial charge in [0.2, 0.25) is 0 Å². The van der Waals surface area contributed by atoms with Crippen molar-refractivity contribution in [1.29, 1.82) is 0 Å². The Balaban J connectivity index is 1.60. The molecule has 3 nitrogen and oxygen atoms in total. The van der Waals surface area contributed by atoms with Crippen molar-refractivity contribution in [3.63, 3.8) is 0 Å². The zero-order chi connectivity index (χ0) is 14.7. The Labute approximate surface area is 127 Å². The summed E-state index contributed by atoms with van der Waals surface area (Å²) in [7, 11) is 0. The monoisotopic (exact) mass is 286 g/mol. The lowest BCUT2D eigenvalue weighted by Crippen LogP contribution is -2.28. The Bertz CT molecular complexity index is 506. The normalized spacial score (nSPS) is 18.8. The number of hydrogen-bond donors (Lipinski definition) is 1. The van der Waals surface area contributed by atoms with Crippen LogP contribution < -0.4 is 10.2 Å². The Hall–Kier alpha value is -1.35. The molecule has 0 aromatic heterocycles. The molecule has 1 N–H and O–H groups in total. The first-order valence-corrected chi connectivity index (χ1v) is 8.39. The third-order valence-electron chi connectivity index (χ3n) is 5.01. The van der Waals surface area contributed by atoms with Gasteiger partial charge in [-0.1, -0.05) is 0 Å². The van der Waals surface area contributed by atoms with Crippen molar-refractivity contribution in [2.45, 2.75) is 39.0 Å². The average Bonchev–Trinajstić information content (AvgIpc) is 2.95. The number of nitrogens with zero attached hydrogens (tertiary/aromatic N) is 1. The topological polar surface area (TPSA) is 32.3 Å². The number of rotatable bonds is 5. The number of benzene rings is 1. The number of fused-ring (bicyclic) bond motifs is 1. The lowest BCUT2D eigenvalue weighted by Gasteiger charge is -2.22. The summed E-state index contributed by atoms with van der Waals surface area (Å²) in [6, 6.07) is 6.30. The predicted octanol–water partition coefficient (Wildman–Crippen LogP) is 3.03. The molecule has 2 aliphatic rings. The number of Topliss-reactive ketones (excluding diaryl/α,β-unsaturated/α-hetero) is 1. The fraction of sp³-hybridized carbons (Fsp3) is 0.611. The standard InChI is InChI=1S/C18H26N2O/c1-2-20-12-9-15-13-16(4-5-17(15)20)18(21)6-3-14-7-10-19-11-8-14/h4-5,13-14,19H,2-3,6-12H2,1H3. The van der Waals surface area contributed by atoms with Crippen molar-refractivity contribution in [2.24, 2.45) is 5.92 Å². The molecule has 0 radical (unpaired) electrons. The molecule has 21 heavy (non-hydrogen) atoms. The van der Waals surface area contributed by atoms with Gasteiger partial charge in [0.1, 0.15) is 0 Å². The molecular weight excluding hydrogens is 260 g/mol. The van der Waals surface area contributed by atoms with E-state index in [0.717, 1.165) is 50.5 Å². The summed E-state index contributed by atoms with van der Waals surface area (Å²) in [6.45, 7) is 6.57. The third kappa shape index (κ3) is 3.29. The van der Waals surface area contributed by atoms with Gasteiger partial charge in [-0.3, -0.25) is 4.79 Å². The van der Waals surface area contributed by atoms with Crippen LogP contribution in [0.15, 0.2) is 18.2 Å². The minimum Gasteiger partial charge on any atom is -0.371 e. The second-order valence-electron chi connectivity index (χ2n) is 6.33. The van der Waals surface area contributed by atoms with E-state index >= 15 is 0 Å². The minimum absolute atomic E-state index is 0.325. The summed E-state index contributed by atoms with van der Waals surface area (Å²) < 4.78 is 0. The van der Waals surface area contributed by atoms with Crippen molar-refractivity contribution in [3.05, 3.63) is 29.3 Å². The number of likely N-dealkylation sites (N-methyl/N-ethyl adjacent to an activating group) is 1. The van der Waals surface area contributed by atoms with Crippen LogP contribution >= 0.6 is 0 Å². The number of hydrogen-bond acceptors (Lipinski definition) is 3. The molecule has 2 aliphatic heterocycles. The van der Waals surface area contributed by atoms with Crippen LogP contribution in [0.1, 0.15) is 48.5 Å². The van der Waals surface area contributed by atoms with Gasteiger partial charge in [-0.15, -0.1) is 0 Å². The molecule has 1 saturated heterocycles. The Morgan fingerprint density at radius 2 is 2.14 bits per heavy atom.